The van der Waals surface area contributed by atoms with E-state index >= 15 is 0 Å². The molecule has 2 atom stereocenters. The van der Waals surface area contributed by atoms with Crippen molar-refractivity contribution in [2.45, 2.75) is 18.2 Å². The Balaban J connectivity index is 1.76. The Hall–Kier alpha value is 0.770. The molecule has 2 heterocycles. The zero-order valence-corrected chi connectivity index (χ0v) is 13.1. The third-order valence-corrected chi connectivity index (χ3v) is 6.91. The van der Waals surface area contributed by atoms with Crippen LogP contribution in [0, 0.1) is 0 Å². The molecule has 0 bridgehead atoms. The summed E-state index contributed by atoms with van der Waals surface area (Å²) in [5.74, 6) is 3.90. The van der Waals surface area contributed by atoms with E-state index in [1.54, 1.807) is 11.3 Å². The minimum Gasteiger partial charge on any atom is -0.307 e. The molecule has 0 radical (unpaired) electrons. The standard InChI is InChI=1S/C10H15BrN2S3/c1-7(10-13-5-9(11)16-10)12-4-8-6-14-2-3-15-8/h5,7-8,12H,2-4,6H2,1H3. The van der Waals surface area contributed by atoms with E-state index < -0.39 is 0 Å². The summed E-state index contributed by atoms with van der Waals surface area (Å²) in [6, 6.07) is 0.365. The maximum Gasteiger partial charge on any atom is 0.110 e. The highest BCUT2D eigenvalue weighted by Crippen LogP contribution is 2.26. The Morgan fingerprint density at radius 1 is 1.62 bits per heavy atom. The maximum absolute atomic E-state index is 4.38. The van der Waals surface area contributed by atoms with Crippen LogP contribution in [-0.2, 0) is 0 Å². The molecule has 1 aromatic heterocycles. The summed E-state index contributed by atoms with van der Waals surface area (Å²) < 4.78 is 1.11. The van der Waals surface area contributed by atoms with Crippen LogP contribution in [0.15, 0.2) is 9.98 Å². The van der Waals surface area contributed by atoms with E-state index in [4.69, 9.17) is 0 Å². The average Bonchev–Trinajstić information content (AvgIpc) is 2.74. The summed E-state index contributed by atoms with van der Waals surface area (Å²) in [5.41, 5.74) is 0. The fraction of sp³-hybridized carbons (Fsp3) is 0.700. The highest BCUT2D eigenvalue weighted by molar-refractivity contribution is 9.11. The smallest absolute Gasteiger partial charge is 0.110 e. The largest absolute Gasteiger partial charge is 0.307 e. The van der Waals surface area contributed by atoms with Gasteiger partial charge in [0, 0.05) is 29.1 Å². The molecule has 1 aromatic rings. The minimum absolute atomic E-state index is 0.365. The molecular weight excluding hydrogens is 324 g/mol. The Morgan fingerprint density at radius 3 is 3.12 bits per heavy atom. The molecule has 0 saturated carbocycles. The second-order valence-corrected chi connectivity index (χ2v) is 8.70. The Bertz CT molecular complexity index is 326. The molecule has 0 aromatic carbocycles. The lowest BCUT2D eigenvalue weighted by molar-refractivity contribution is 0.574. The molecule has 90 valence electrons. The van der Waals surface area contributed by atoms with Crippen molar-refractivity contribution in [3.63, 3.8) is 0 Å². The van der Waals surface area contributed by atoms with Crippen LogP contribution in [0.3, 0.4) is 0 Å². The first-order chi connectivity index (χ1) is 7.75. The van der Waals surface area contributed by atoms with Crippen LogP contribution in [0.4, 0.5) is 0 Å². The fourth-order valence-corrected chi connectivity index (χ4v) is 5.41. The van der Waals surface area contributed by atoms with Crippen molar-refractivity contribution in [2.24, 2.45) is 0 Å². The third-order valence-electron chi connectivity index (χ3n) is 2.40. The van der Waals surface area contributed by atoms with Crippen molar-refractivity contribution in [3.05, 3.63) is 15.0 Å². The zero-order valence-electron chi connectivity index (χ0n) is 9.11. The van der Waals surface area contributed by atoms with Gasteiger partial charge in [-0.2, -0.15) is 23.5 Å². The van der Waals surface area contributed by atoms with Gasteiger partial charge in [-0.3, -0.25) is 0 Å². The number of halogens is 1. The molecule has 2 unspecified atom stereocenters. The minimum atomic E-state index is 0.365. The van der Waals surface area contributed by atoms with E-state index in [-0.39, 0.29) is 0 Å². The molecule has 1 N–H and O–H groups in total. The quantitative estimate of drug-likeness (QED) is 0.909. The van der Waals surface area contributed by atoms with E-state index in [2.05, 4.69) is 56.7 Å². The van der Waals surface area contributed by atoms with Gasteiger partial charge in [0.25, 0.3) is 0 Å². The molecular formula is C10H15BrN2S3. The van der Waals surface area contributed by atoms with Gasteiger partial charge in [-0.15, -0.1) is 11.3 Å². The van der Waals surface area contributed by atoms with Gasteiger partial charge < -0.3 is 5.32 Å². The lowest BCUT2D eigenvalue weighted by atomic mass is 10.3. The number of nitrogens with one attached hydrogen (secondary N) is 1. The van der Waals surface area contributed by atoms with Crippen LogP contribution in [0.1, 0.15) is 18.0 Å². The molecule has 16 heavy (non-hydrogen) atoms. The van der Waals surface area contributed by atoms with E-state index in [1.165, 1.54) is 22.3 Å². The highest BCUT2D eigenvalue weighted by atomic mass is 79.9. The van der Waals surface area contributed by atoms with Crippen molar-refractivity contribution in [1.82, 2.24) is 10.3 Å². The second kappa shape index (κ2) is 6.64. The van der Waals surface area contributed by atoms with Crippen LogP contribution < -0.4 is 5.32 Å². The van der Waals surface area contributed by atoms with Crippen molar-refractivity contribution in [3.8, 4) is 0 Å². The summed E-state index contributed by atoms with van der Waals surface area (Å²) in [6.45, 7) is 3.28. The third kappa shape index (κ3) is 3.91. The number of aromatic nitrogens is 1. The monoisotopic (exact) mass is 338 g/mol. The van der Waals surface area contributed by atoms with Crippen LogP contribution in [0.25, 0.3) is 0 Å². The van der Waals surface area contributed by atoms with Gasteiger partial charge in [-0.05, 0) is 22.9 Å². The van der Waals surface area contributed by atoms with Gasteiger partial charge in [0.15, 0.2) is 0 Å². The van der Waals surface area contributed by atoms with E-state index in [9.17, 15) is 0 Å². The summed E-state index contributed by atoms with van der Waals surface area (Å²) in [6.07, 6.45) is 1.88. The SMILES string of the molecule is CC(NCC1CSCCS1)c1ncc(Br)s1. The summed E-state index contributed by atoms with van der Waals surface area (Å²) in [4.78, 5) is 4.38. The Kier molecular flexibility index (Phi) is 5.48. The van der Waals surface area contributed by atoms with Gasteiger partial charge in [0.05, 0.1) is 16.0 Å². The molecule has 2 rings (SSSR count). The highest BCUT2D eigenvalue weighted by Gasteiger charge is 2.16. The van der Waals surface area contributed by atoms with Gasteiger partial charge in [-0.25, -0.2) is 4.98 Å². The van der Waals surface area contributed by atoms with Gasteiger partial charge >= 0.3 is 0 Å². The second-order valence-electron chi connectivity index (χ2n) is 3.70. The van der Waals surface area contributed by atoms with Crippen LogP contribution in [-0.4, -0.2) is 34.0 Å². The van der Waals surface area contributed by atoms with E-state index in [0.717, 1.165) is 15.6 Å². The Morgan fingerprint density at radius 2 is 2.50 bits per heavy atom. The molecule has 1 fully saturated rings. The summed E-state index contributed by atoms with van der Waals surface area (Å²) in [5, 5.41) is 5.51. The van der Waals surface area contributed by atoms with Gasteiger partial charge in [-0.1, -0.05) is 0 Å². The van der Waals surface area contributed by atoms with Gasteiger partial charge in [0.2, 0.25) is 0 Å². The van der Waals surface area contributed by atoms with Crippen LogP contribution >= 0.6 is 50.8 Å². The predicted octanol–water partition coefficient (Wildman–Crippen LogP) is 3.40. The lowest BCUT2D eigenvalue weighted by Gasteiger charge is -2.22. The topological polar surface area (TPSA) is 24.9 Å². The van der Waals surface area contributed by atoms with Crippen molar-refractivity contribution in [1.29, 1.82) is 0 Å². The number of thioether (sulfide) groups is 2. The number of rotatable bonds is 4. The van der Waals surface area contributed by atoms with Crippen LogP contribution in [0.2, 0.25) is 0 Å². The zero-order chi connectivity index (χ0) is 11.4. The van der Waals surface area contributed by atoms with Crippen molar-refractivity contribution in [2.75, 3.05) is 23.8 Å². The fourth-order valence-electron chi connectivity index (χ4n) is 1.52. The van der Waals surface area contributed by atoms with Crippen LogP contribution in [0.5, 0.6) is 0 Å². The molecule has 1 aliphatic rings. The number of nitrogens with zero attached hydrogens (tertiary/aromatic N) is 1. The molecule has 1 aliphatic heterocycles. The molecule has 0 spiro atoms. The first-order valence-corrected chi connectivity index (χ1v) is 9.11. The first-order valence-electron chi connectivity index (χ1n) is 5.29. The van der Waals surface area contributed by atoms with Gasteiger partial charge in [0.1, 0.15) is 5.01 Å². The number of thiazole rings is 1. The van der Waals surface area contributed by atoms with E-state index in [0.29, 0.717) is 6.04 Å². The normalized spacial score (nSPS) is 23.2. The van der Waals surface area contributed by atoms with Crippen molar-refractivity contribution < 1.29 is 0 Å². The maximum atomic E-state index is 4.38. The first kappa shape index (κ1) is 13.2. The summed E-state index contributed by atoms with van der Waals surface area (Å²) in [7, 11) is 0. The summed E-state index contributed by atoms with van der Waals surface area (Å²) >= 11 is 9.33. The average molecular weight is 339 g/mol. The number of hydrogen-bond acceptors (Lipinski definition) is 5. The predicted molar refractivity (Wildman–Crippen MR) is 79.8 cm³/mol. The Labute approximate surface area is 118 Å². The molecule has 1 saturated heterocycles. The van der Waals surface area contributed by atoms with E-state index in [1.807, 2.05) is 6.20 Å². The molecule has 0 aliphatic carbocycles. The molecule has 2 nitrogen and oxygen atoms in total. The lowest BCUT2D eigenvalue weighted by Crippen LogP contribution is -2.30. The molecule has 0 amide bonds. The van der Waals surface area contributed by atoms with Crippen molar-refractivity contribution >= 4 is 50.8 Å². The number of hydrogen-bond donors (Lipinski definition) is 1. The molecule has 6 heteroatoms.